The third-order valence-electron chi connectivity index (χ3n) is 6.18. The van der Waals surface area contributed by atoms with E-state index >= 15 is 0 Å². The maximum Gasteiger partial charge on any atom is 0.254 e. The van der Waals surface area contributed by atoms with Gasteiger partial charge in [-0.05, 0) is 49.6 Å². The minimum absolute atomic E-state index is 0.0251. The highest BCUT2D eigenvalue weighted by atomic mass is 16.5. The van der Waals surface area contributed by atoms with Gasteiger partial charge in [0.15, 0.2) is 0 Å². The van der Waals surface area contributed by atoms with E-state index in [9.17, 15) is 9.59 Å². The van der Waals surface area contributed by atoms with Crippen LogP contribution in [0.15, 0.2) is 24.3 Å². The summed E-state index contributed by atoms with van der Waals surface area (Å²) in [6, 6.07) is 7.28. The van der Waals surface area contributed by atoms with Crippen LogP contribution < -0.4 is 10.6 Å². The number of morpholine rings is 1. The molecule has 3 fully saturated rings. The normalized spacial score (nSPS) is 28.5. The molecule has 6 nitrogen and oxygen atoms in total. The summed E-state index contributed by atoms with van der Waals surface area (Å²) in [4.78, 5) is 27.3. The number of nitrogens with one attached hydrogen (secondary N) is 2. The Kier molecular flexibility index (Phi) is 4.96. The molecule has 2 heterocycles. The first-order valence-corrected chi connectivity index (χ1v) is 9.68. The molecule has 2 aliphatic heterocycles. The topological polar surface area (TPSA) is 70.7 Å². The lowest BCUT2D eigenvalue weighted by atomic mass is 9.67. The second-order valence-electron chi connectivity index (χ2n) is 7.67. The van der Waals surface area contributed by atoms with Crippen molar-refractivity contribution in [2.24, 2.45) is 11.3 Å². The molecule has 3 aliphatic rings. The van der Waals surface area contributed by atoms with Crippen molar-refractivity contribution in [3.63, 3.8) is 0 Å². The third-order valence-corrected chi connectivity index (χ3v) is 6.18. The number of fused-ring (bicyclic) bond motifs is 1. The van der Waals surface area contributed by atoms with Crippen LogP contribution in [0.1, 0.15) is 36.0 Å². The summed E-state index contributed by atoms with van der Waals surface area (Å²) in [6.07, 6.45) is 4.44. The van der Waals surface area contributed by atoms with Crippen LogP contribution >= 0.6 is 0 Å². The summed E-state index contributed by atoms with van der Waals surface area (Å²) >= 11 is 0. The van der Waals surface area contributed by atoms with Gasteiger partial charge < -0.3 is 20.3 Å². The van der Waals surface area contributed by atoms with Crippen molar-refractivity contribution in [2.45, 2.75) is 25.7 Å². The van der Waals surface area contributed by atoms with Crippen LogP contribution in [0.4, 0.5) is 5.69 Å². The van der Waals surface area contributed by atoms with Gasteiger partial charge >= 0.3 is 0 Å². The Morgan fingerprint density at radius 1 is 1.15 bits per heavy atom. The molecule has 1 saturated carbocycles. The molecule has 0 radical (unpaired) electrons. The molecule has 6 heteroatoms. The van der Waals surface area contributed by atoms with E-state index in [1.165, 1.54) is 6.42 Å². The molecule has 1 aromatic carbocycles. The number of nitrogens with zero attached hydrogens (tertiary/aromatic N) is 1. The zero-order valence-electron chi connectivity index (χ0n) is 15.1. The van der Waals surface area contributed by atoms with Crippen LogP contribution in [0.25, 0.3) is 0 Å². The van der Waals surface area contributed by atoms with E-state index in [4.69, 9.17) is 4.74 Å². The maximum absolute atomic E-state index is 13.0. The number of carbonyl (C=O) groups is 2. The van der Waals surface area contributed by atoms with Crippen molar-refractivity contribution >= 4 is 17.5 Å². The number of amides is 2. The van der Waals surface area contributed by atoms with Crippen LogP contribution in [0.3, 0.4) is 0 Å². The summed E-state index contributed by atoms with van der Waals surface area (Å²) in [7, 11) is 0. The maximum atomic E-state index is 13.0. The molecular formula is C20H27N3O3. The Balaban J connectivity index is 1.42. The molecule has 140 valence electrons. The molecule has 2 N–H and O–H groups in total. The van der Waals surface area contributed by atoms with Gasteiger partial charge in [0.2, 0.25) is 5.91 Å². The first kappa shape index (κ1) is 17.5. The Bertz CT molecular complexity index is 669. The first-order valence-electron chi connectivity index (χ1n) is 9.68. The lowest BCUT2D eigenvalue weighted by Gasteiger charge is -2.37. The number of benzene rings is 1. The minimum Gasteiger partial charge on any atom is -0.378 e. The SMILES string of the molecule is O=C(c1ccc(NC(=O)[C@@]23CCCC[C@H]2CNC3)cc1)N1CCOCC1. The Morgan fingerprint density at radius 2 is 1.92 bits per heavy atom. The fraction of sp³-hybridized carbons (Fsp3) is 0.600. The highest BCUT2D eigenvalue weighted by Gasteiger charge is 2.49. The van der Waals surface area contributed by atoms with Crippen LogP contribution in [-0.4, -0.2) is 56.1 Å². The summed E-state index contributed by atoms with van der Waals surface area (Å²) in [6.45, 7) is 4.17. The largest absolute Gasteiger partial charge is 0.378 e. The molecule has 1 aromatic rings. The Morgan fingerprint density at radius 3 is 2.69 bits per heavy atom. The van der Waals surface area contributed by atoms with Crippen molar-refractivity contribution < 1.29 is 14.3 Å². The second-order valence-corrected chi connectivity index (χ2v) is 7.67. The van der Waals surface area contributed by atoms with Gasteiger partial charge in [-0.3, -0.25) is 9.59 Å². The third kappa shape index (κ3) is 3.23. The number of hydrogen-bond acceptors (Lipinski definition) is 4. The van der Waals surface area contributed by atoms with Crippen LogP contribution in [0.5, 0.6) is 0 Å². The summed E-state index contributed by atoms with van der Waals surface area (Å²) in [5.41, 5.74) is 1.15. The number of rotatable bonds is 3. The lowest BCUT2D eigenvalue weighted by molar-refractivity contribution is -0.128. The Hall–Kier alpha value is -1.92. The van der Waals surface area contributed by atoms with Gasteiger partial charge in [0.1, 0.15) is 0 Å². The molecule has 4 rings (SSSR count). The number of anilines is 1. The van der Waals surface area contributed by atoms with Crippen molar-refractivity contribution in [1.82, 2.24) is 10.2 Å². The highest BCUT2D eigenvalue weighted by molar-refractivity contribution is 5.98. The fourth-order valence-corrected chi connectivity index (χ4v) is 4.59. The molecule has 2 saturated heterocycles. The minimum atomic E-state index is -0.263. The number of ether oxygens (including phenoxy) is 1. The first-order chi connectivity index (χ1) is 12.7. The zero-order valence-corrected chi connectivity index (χ0v) is 15.1. The Labute approximate surface area is 154 Å². The summed E-state index contributed by atoms with van der Waals surface area (Å²) in [5.74, 6) is 0.593. The van der Waals surface area contributed by atoms with Crippen molar-refractivity contribution in [3.8, 4) is 0 Å². The molecule has 0 aromatic heterocycles. The predicted molar refractivity (Wildman–Crippen MR) is 99.1 cm³/mol. The van der Waals surface area contributed by atoms with E-state index in [1.54, 1.807) is 12.1 Å². The molecule has 0 unspecified atom stereocenters. The number of carbonyl (C=O) groups excluding carboxylic acids is 2. The van der Waals surface area contributed by atoms with Crippen LogP contribution in [0.2, 0.25) is 0 Å². The van der Waals surface area contributed by atoms with E-state index in [2.05, 4.69) is 10.6 Å². The molecule has 26 heavy (non-hydrogen) atoms. The van der Waals surface area contributed by atoms with Gasteiger partial charge in [0.25, 0.3) is 5.91 Å². The van der Waals surface area contributed by atoms with E-state index in [0.717, 1.165) is 38.0 Å². The smallest absolute Gasteiger partial charge is 0.254 e. The average Bonchev–Trinajstić information content (AvgIpc) is 3.14. The van der Waals surface area contributed by atoms with Gasteiger partial charge in [-0.25, -0.2) is 0 Å². The standard InChI is InChI=1S/C20H27N3O3/c24-18(23-9-11-26-12-10-23)15-4-6-17(7-5-15)22-19(25)20-8-2-1-3-16(20)13-21-14-20/h4-7,16,21H,1-3,8-14H2,(H,22,25)/t16-,20+/m0/s1. The summed E-state index contributed by atoms with van der Waals surface area (Å²) < 4.78 is 5.29. The van der Waals surface area contributed by atoms with Crippen molar-refractivity contribution in [1.29, 1.82) is 0 Å². The van der Waals surface area contributed by atoms with Gasteiger partial charge in [-0.2, -0.15) is 0 Å². The number of hydrogen-bond donors (Lipinski definition) is 2. The monoisotopic (exact) mass is 357 g/mol. The molecule has 0 bridgehead atoms. The summed E-state index contributed by atoms with van der Waals surface area (Å²) in [5, 5.41) is 6.51. The van der Waals surface area contributed by atoms with Crippen molar-refractivity contribution in [2.75, 3.05) is 44.7 Å². The molecule has 2 atom stereocenters. The van der Waals surface area contributed by atoms with Gasteiger partial charge in [0.05, 0.1) is 18.6 Å². The van der Waals surface area contributed by atoms with E-state index < -0.39 is 0 Å². The lowest BCUT2D eigenvalue weighted by Crippen LogP contribution is -2.44. The van der Waals surface area contributed by atoms with Gasteiger partial charge in [-0.1, -0.05) is 12.8 Å². The molecule has 2 amide bonds. The molecule has 1 aliphatic carbocycles. The van der Waals surface area contributed by atoms with Gasteiger partial charge in [-0.15, -0.1) is 0 Å². The van der Waals surface area contributed by atoms with E-state index in [0.29, 0.717) is 37.8 Å². The quantitative estimate of drug-likeness (QED) is 0.867. The molecule has 0 spiro atoms. The average molecular weight is 357 g/mol. The second kappa shape index (κ2) is 7.37. The van der Waals surface area contributed by atoms with Gasteiger partial charge in [0, 0.05) is 30.9 Å². The predicted octanol–water partition coefficient (Wildman–Crippen LogP) is 1.88. The highest BCUT2D eigenvalue weighted by Crippen LogP contribution is 2.44. The van der Waals surface area contributed by atoms with E-state index in [-0.39, 0.29) is 17.2 Å². The zero-order chi connectivity index (χ0) is 18.0. The van der Waals surface area contributed by atoms with Crippen LogP contribution in [-0.2, 0) is 9.53 Å². The fourth-order valence-electron chi connectivity index (χ4n) is 4.59. The van der Waals surface area contributed by atoms with E-state index in [1.807, 2.05) is 17.0 Å². The van der Waals surface area contributed by atoms with Crippen LogP contribution in [0, 0.1) is 11.3 Å². The van der Waals surface area contributed by atoms with Crippen molar-refractivity contribution in [3.05, 3.63) is 29.8 Å². The molecular weight excluding hydrogens is 330 g/mol.